The Kier molecular flexibility index (Phi) is 5.31. The zero-order valence-electron chi connectivity index (χ0n) is 11.7. The van der Waals surface area contributed by atoms with E-state index >= 15 is 0 Å². The molecule has 20 heavy (non-hydrogen) atoms. The number of nitrogens with one attached hydrogen (secondary N) is 1. The molecule has 1 N–H and O–H groups in total. The van der Waals surface area contributed by atoms with Crippen molar-refractivity contribution in [3.63, 3.8) is 0 Å². The summed E-state index contributed by atoms with van der Waals surface area (Å²) in [6.45, 7) is 3.05. The molecule has 1 unspecified atom stereocenters. The van der Waals surface area contributed by atoms with Gasteiger partial charge in [0.2, 0.25) is 0 Å². The van der Waals surface area contributed by atoms with Crippen molar-refractivity contribution < 1.29 is 4.39 Å². The fraction of sp³-hybridized carbons (Fsp3) is 0.400. The fourth-order valence-corrected chi connectivity index (χ4v) is 2.78. The molecule has 1 heterocycles. The van der Waals surface area contributed by atoms with Crippen molar-refractivity contribution in [2.75, 3.05) is 6.54 Å². The topological polar surface area (TPSA) is 29.9 Å². The zero-order chi connectivity index (χ0) is 14.5. The fourth-order valence-electron chi connectivity index (χ4n) is 2.27. The van der Waals surface area contributed by atoms with E-state index in [2.05, 4.69) is 33.2 Å². The molecule has 2 rings (SSSR count). The lowest BCUT2D eigenvalue weighted by Gasteiger charge is -2.19. The lowest BCUT2D eigenvalue weighted by Crippen LogP contribution is -2.25. The monoisotopic (exact) mass is 339 g/mol. The van der Waals surface area contributed by atoms with Crippen LogP contribution in [0.2, 0.25) is 0 Å². The molecule has 0 bridgehead atoms. The van der Waals surface area contributed by atoms with Crippen LogP contribution in [-0.2, 0) is 13.5 Å². The number of hydrogen-bond donors (Lipinski definition) is 1. The molecule has 1 atom stereocenters. The molecule has 3 nitrogen and oxygen atoms in total. The first-order valence-electron chi connectivity index (χ1n) is 6.74. The quantitative estimate of drug-likeness (QED) is 0.871. The molecule has 2 aromatic rings. The van der Waals surface area contributed by atoms with Crippen molar-refractivity contribution in [3.8, 4) is 0 Å². The summed E-state index contributed by atoms with van der Waals surface area (Å²) in [6.07, 6.45) is 5.44. The molecule has 5 heteroatoms. The minimum atomic E-state index is -0.214. The van der Waals surface area contributed by atoms with Crippen LogP contribution in [0.3, 0.4) is 0 Å². The van der Waals surface area contributed by atoms with E-state index in [4.69, 9.17) is 0 Å². The summed E-state index contributed by atoms with van der Waals surface area (Å²) >= 11 is 3.34. The lowest BCUT2D eigenvalue weighted by molar-refractivity contribution is 0.502. The second kappa shape index (κ2) is 6.99. The van der Waals surface area contributed by atoms with Crippen LogP contribution in [0.15, 0.2) is 35.2 Å². The molecule has 0 saturated carbocycles. The van der Waals surface area contributed by atoms with Gasteiger partial charge in [-0.25, -0.2) is 9.37 Å². The predicted molar refractivity (Wildman–Crippen MR) is 82.0 cm³/mol. The van der Waals surface area contributed by atoms with Gasteiger partial charge in [0.1, 0.15) is 5.82 Å². The number of hydrogen-bond acceptors (Lipinski definition) is 2. The Balaban J connectivity index is 2.21. The maximum Gasteiger partial charge on any atom is 0.124 e. The summed E-state index contributed by atoms with van der Waals surface area (Å²) in [7, 11) is 1.98. The van der Waals surface area contributed by atoms with Crippen LogP contribution in [0.4, 0.5) is 4.39 Å². The third-order valence-electron chi connectivity index (χ3n) is 3.21. The second-order valence-corrected chi connectivity index (χ2v) is 5.83. The molecule has 0 aliphatic heterocycles. The van der Waals surface area contributed by atoms with Crippen LogP contribution in [0, 0.1) is 5.82 Å². The highest BCUT2D eigenvalue weighted by atomic mass is 79.9. The number of imidazole rings is 1. The average Bonchev–Trinajstić information content (AvgIpc) is 2.79. The van der Waals surface area contributed by atoms with Gasteiger partial charge in [-0.3, -0.25) is 0 Å². The van der Waals surface area contributed by atoms with Crippen molar-refractivity contribution >= 4 is 15.9 Å². The number of aromatic nitrogens is 2. The van der Waals surface area contributed by atoms with Crippen molar-refractivity contribution in [2.45, 2.75) is 25.8 Å². The van der Waals surface area contributed by atoms with Gasteiger partial charge in [0.15, 0.2) is 0 Å². The van der Waals surface area contributed by atoms with Gasteiger partial charge >= 0.3 is 0 Å². The molecular weight excluding hydrogens is 321 g/mol. The standard InChI is InChI=1S/C15H19BrFN3/c1-3-4-19-14(15-9-18-10-20(15)2)7-11-5-12(16)8-13(17)6-11/h5-6,8-10,14,19H,3-4,7H2,1-2H3. The van der Waals surface area contributed by atoms with Crippen molar-refractivity contribution in [1.29, 1.82) is 0 Å². The highest BCUT2D eigenvalue weighted by molar-refractivity contribution is 9.10. The highest BCUT2D eigenvalue weighted by Gasteiger charge is 2.15. The number of nitrogens with zero attached hydrogens (tertiary/aromatic N) is 2. The molecule has 1 aromatic carbocycles. The molecule has 0 amide bonds. The Morgan fingerprint density at radius 3 is 2.80 bits per heavy atom. The zero-order valence-corrected chi connectivity index (χ0v) is 13.3. The Hall–Kier alpha value is -1.20. The Morgan fingerprint density at radius 1 is 1.40 bits per heavy atom. The van der Waals surface area contributed by atoms with Crippen LogP contribution in [0.5, 0.6) is 0 Å². The summed E-state index contributed by atoms with van der Waals surface area (Å²) in [5, 5.41) is 3.50. The van der Waals surface area contributed by atoms with E-state index in [0.29, 0.717) is 0 Å². The molecule has 0 aliphatic carbocycles. The van der Waals surface area contributed by atoms with E-state index < -0.39 is 0 Å². The first-order valence-corrected chi connectivity index (χ1v) is 7.54. The molecule has 1 aromatic heterocycles. The van der Waals surface area contributed by atoms with E-state index in [1.165, 1.54) is 6.07 Å². The molecule has 0 spiro atoms. The molecule has 0 radical (unpaired) electrons. The average molecular weight is 340 g/mol. The Bertz CT molecular complexity index is 548. The van der Waals surface area contributed by atoms with Gasteiger partial charge in [-0.1, -0.05) is 22.9 Å². The maximum absolute atomic E-state index is 13.5. The van der Waals surface area contributed by atoms with Crippen molar-refractivity contribution in [3.05, 3.63) is 52.3 Å². The number of halogens is 2. The molecule has 0 saturated heterocycles. The molecule has 0 aliphatic rings. The summed E-state index contributed by atoms with van der Waals surface area (Å²) < 4.78 is 16.3. The van der Waals surface area contributed by atoms with Gasteiger partial charge < -0.3 is 9.88 Å². The van der Waals surface area contributed by atoms with E-state index in [0.717, 1.165) is 35.1 Å². The van der Waals surface area contributed by atoms with E-state index in [-0.39, 0.29) is 11.9 Å². The van der Waals surface area contributed by atoms with E-state index in [1.807, 2.05) is 23.9 Å². The van der Waals surface area contributed by atoms with Gasteiger partial charge in [-0.05, 0) is 43.1 Å². The smallest absolute Gasteiger partial charge is 0.124 e. The third-order valence-corrected chi connectivity index (χ3v) is 3.67. The molecule has 0 fully saturated rings. The van der Waals surface area contributed by atoms with Crippen LogP contribution >= 0.6 is 15.9 Å². The largest absolute Gasteiger partial charge is 0.336 e. The van der Waals surface area contributed by atoms with Crippen molar-refractivity contribution in [1.82, 2.24) is 14.9 Å². The number of aryl methyl sites for hydroxylation is 1. The van der Waals surface area contributed by atoms with Crippen LogP contribution in [-0.4, -0.2) is 16.1 Å². The summed E-state index contributed by atoms with van der Waals surface area (Å²) in [4.78, 5) is 4.17. The SMILES string of the molecule is CCCNC(Cc1cc(F)cc(Br)c1)c1cncn1C. The third kappa shape index (κ3) is 3.90. The van der Waals surface area contributed by atoms with E-state index in [1.54, 1.807) is 12.4 Å². The maximum atomic E-state index is 13.5. The lowest BCUT2D eigenvalue weighted by atomic mass is 10.0. The van der Waals surface area contributed by atoms with Gasteiger partial charge in [0.25, 0.3) is 0 Å². The minimum Gasteiger partial charge on any atom is -0.336 e. The van der Waals surface area contributed by atoms with Crippen LogP contribution in [0.25, 0.3) is 0 Å². The normalized spacial score (nSPS) is 12.6. The van der Waals surface area contributed by atoms with Gasteiger partial charge in [-0.15, -0.1) is 0 Å². The van der Waals surface area contributed by atoms with Crippen molar-refractivity contribution in [2.24, 2.45) is 7.05 Å². The van der Waals surface area contributed by atoms with Gasteiger partial charge in [0, 0.05) is 17.7 Å². The van der Waals surface area contributed by atoms with Crippen LogP contribution in [0.1, 0.15) is 30.6 Å². The number of benzene rings is 1. The van der Waals surface area contributed by atoms with Gasteiger partial charge in [0.05, 0.1) is 18.1 Å². The molecule has 108 valence electrons. The number of rotatable bonds is 6. The van der Waals surface area contributed by atoms with Gasteiger partial charge in [-0.2, -0.15) is 0 Å². The van der Waals surface area contributed by atoms with E-state index in [9.17, 15) is 4.39 Å². The second-order valence-electron chi connectivity index (χ2n) is 4.92. The Labute approximate surface area is 127 Å². The highest BCUT2D eigenvalue weighted by Crippen LogP contribution is 2.21. The van der Waals surface area contributed by atoms with Crippen LogP contribution < -0.4 is 5.32 Å². The summed E-state index contributed by atoms with van der Waals surface area (Å²) in [6, 6.07) is 5.15. The first kappa shape index (κ1) is 15.2. The predicted octanol–water partition coefficient (Wildman–Crippen LogP) is 3.61. The molecular formula is C15H19BrFN3. The first-order chi connectivity index (χ1) is 9.60. The Morgan fingerprint density at radius 2 is 2.20 bits per heavy atom. The minimum absolute atomic E-state index is 0.135. The summed E-state index contributed by atoms with van der Waals surface area (Å²) in [5.41, 5.74) is 2.07. The summed E-state index contributed by atoms with van der Waals surface area (Å²) in [5.74, 6) is -0.214.